The van der Waals surface area contributed by atoms with E-state index in [9.17, 15) is 30.9 Å². The summed E-state index contributed by atoms with van der Waals surface area (Å²) in [5.74, 6) is -4.68. The fourth-order valence-corrected chi connectivity index (χ4v) is 26.7. The van der Waals surface area contributed by atoms with E-state index in [0.717, 1.165) is 177 Å². The van der Waals surface area contributed by atoms with Gasteiger partial charge >= 0.3 is 0 Å². The molecular weight excluding hydrogens is 1520 g/mol. The summed E-state index contributed by atoms with van der Waals surface area (Å²) in [6.07, 6.45) is 25.6. The van der Waals surface area contributed by atoms with Crippen LogP contribution in [0, 0.1) is 68.6 Å². The van der Waals surface area contributed by atoms with E-state index < -0.39 is 40.7 Å². The zero-order valence-corrected chi connectivity index (χ0v) is 67.4. The number of rotatable bonds is 32. The second-order valence-corrected chi connectivity index (χ2v) is 39.1. The maximum atomic E-state index is 15.3. The zero-order chi connectivity index (χ0) is 74.1. The van der Waals surface area contributed by atoms with Gasteiger partial charge < -0.3 is 5.11 Å². The molecule has 20 heteroatoms. The number of aliphatic hydroxyl groups excluding tert-OH is 1. The van der Waals surface area contributed by atoms with Crippen LogP contribution in [0.5, 0.6) is 0 Å². The highest BCUT2D eigenvalue weighted by molar-refractivity contribution is 8.24. The Morgan fingerprint density at radius 2 is 0.811 bits per heavy atom. The van der Waals surface area contributed by atoms with Gasteiger partial charge in [0.05, 0.1) is 21.1 Å². The van der Waals surface area contributed by atoms with Gasteiger partial charge in [-0.15, -0.1) is 79.8 Å². The molecule has 6 nitrogen and oxygen atoms in total. The number of thioether (sulfide) groups is 4. The maximum Gasteiger partial charge on any atom is 0.194 e. The van der Waals surface area contributed by atoms with Gasteiger partial charge in [-0.05, 0) is 194 Å². The average Bonchev–Trinajstić information content (AvgIpc) is 1.55. The molecule has 0 spiro atoms. The third-order valence-electron chi connectivity index (χ3n) is 19.4. The molecule has 9 aromatic rings. The largest absolute Gasteiger partial charge is 0.384 e. The predicted octanol–water partition coefficient (Wildman–Crippen LogP) is 28.2. The molecular formula is C86H76F4N4O2S10. The number of benzene rings is 3. The van der Waals surface area contributed by atoms with Crippen molar-refractivity contribution in [3.05, 3.63) is 230 Å². The Hall–Kier alpha value is -6.99. The summed E-state index contributed by atoms with van der Waals surface area (Å²) >= 11 is 17.3. The number of hydrogen-bond donors (Lipinski definition) is 1. The quantitative estimate of drug-likeness (QED) is 0.0143. The molecule has 1 unspecified atom stereocenters. The second-order valence-electron chi connectivity index (χ2n) is 26.8. The lowest BCUT2D eigenvalue weighted by atomic mass is 9.97. The van der Waals surface area contributed by atoms with Crippen LogP contribution < -0.4 is 0 Å². The summed E-state index contributed by atoms with van der Waals surface area (Å²) in [7, 11) is 0. The lowest BCUT2D eigenvalue weighted by Gasteiger charge is -2.15. The van der Waals surface area contributed by atoms with Crippen LogP contribution in [0.15, 0.2) is 140 Å². The average molecular weight is 1590 g/mol. The van der Waals surface area contributed by atoms with Gasteiger partial charge in [-0.25, -0.2) is 17.6 Å². The highest BCUT2D eigenvalue weighted by atomic mass is 32.2. The number of ketones is 1. The summed E-state index contributed by atoms with van der Waals surface area (Å²) < 4.78 is 66.3. The first-order chi connectivity index (χ1) is 51.6. The SMILES string of the molecule is CCCCCCCc1ccc(S/C(Sc2ccc(CCCCCC)s2)=C2\c3cc4c(cc3-c3sc(/C=C5\C(=O)c6cc(F)c(F)cc6C5=C(C#N)C#N)cc32)/C(=C(/SCc2ccc(CCCCCC)s2)Sc2ccc(CCCCCC)s2)c2cc(/C=C3/C(=C(C#N)C#N)c5cc(F)c(F)cc5C3O)sc2-4)s1. The molecule has 13 rings (SSSR count). The van der Waals surface area contributed by atoms with E-state index in [4.69, 9.17) is 0 Å². The molecule has 0 radical (unpaired) electrons. The number of unbranched alkanes of at least 4 members (excludes halogenated alkanes) is 13. The molecule has 0 fully saturated rings. The standard InChI is InChI=1S/C86H76F4N4O2S10/c1-5-9-13-17-21-25-54-30-33-76(101-54)106-86(105-75-32-29-53(100-75)24-20-16-12-8-4)80-59-39-64-58(38-65(59)84-69(80)37-57(103-84)35-67-78(50(46-93)47-94)61-41-71(88)73(90)43-63(61)82(67)96)79(68-36-56(102-83(64)68)34-66-77(49(44-91)45-92)60-40-70(87)72(89)42-62(60)81(66)95)85(104-74-31-28-52(99-74)23-19-15-11-7-3)97-48-55-27-26-51(98-55)22-18-14-10-6-2/h26-43,81,95H,5-25,48H2,1-4H3/b66-34-,67-35-,85-79+,86-80+. The molecule has 106 heavy (non-hydrogen) atoms. The topological polar surface area (TPSA) is 132 Å². The number of hydrogen-bond acceptors (Lipinski definition) is 16. The van der Waals surface area contributed by atoms with E-state index in [1.165, 1.54) is 105 Å². The van der Waals surface area contributed by atoms with E-state index in [1.807, 2.05) is 69.6 Å². The van der Waals surface area contributed by atoms with Crippen molar-refractivity contribution in [3.8, 4) is 45.2 Å². The van der Waals surface area contributed by atoms with Crippen molar-refractivity contribution in [3.63, 3.8) is 0 Å². The molecule has 6 aromatic heterocycles. The number of aliphatic hydroxyl groups is 1. The highest BCUT2D eigenvalue weighted by Crippen LogP contribution is 2.63. The molecule has 1 atom stereocenters. The number of carbonyl (C=O) groups is 1. The first-order valence-electron chi connectivity index (χ1n) is 36.4. The zero-order valence-electron chi connectivity index (χ0n) is 59.3. The molecule has 6 heterocycles. The van der Waals surface area contributed by atoms with Crippen LogP contribution in [0.2, 0.25) is 0 Å². The first kappa shape index (κ1) is 77.2. The smallest absolute Gasteiger partial charge is 0.194 e. The molecule has 0 bridgehead atoms. The Kier molecular flexibility index (Phi) is 25.9. The van der Waals surface area contributed by atoms with Crippen molar-refractivity contribution >= 4 is 155 Å². The van der Waals surface area contributed by atoms with E-state index in [0.29, 0.717) is 15.5 Å². The summed E-state index contributed by atoms with van der Waals surface area (Å²) in [4.78, 5) is 24.4. The Morgan fingerprint density at radius 3 is 1.31 bits per heavy atom. The molecule has 0 saturated carbocycles. The molecule has 540 valence electrons. The monoisotopic (exact) mass is 1590 g/mol. The fraction of sp³-hybridized carbons (Fsp3) is 0.314. The van der Waals surface area contributed by atoms with Crippen LogP contribution in [0.25, 0.3) is 55.3 Å². The van der Waals surface area contributed by atoms with Gasteiger partial charge in [-0.2, -0.15) is 21.0 Å². The van der Waals surface area contributed by atoms with Crippen LogP contribution in [0.4, 0.5) is 17.6 Å². The number of aryl methyl sites for hydroxylation is 4. The lowest BCUT2D eigenvalue weighted by molar-refractivity contribution is 0.104. The number of nitrogens with zero attached hydrogens (tertiary/aromatic N) is 4. The van der Waals surface area contributed by atoms with Crippen molar-refractivity contribution in [1.82, 2.24) is 0 Å². The van der Waals surface area contributed by atoms with Crippen LogP contribution in [-0.2, 0) is 31.4 Å². The van der Waals surface area contributed by atoms with Gasteiger partial charge in [0, 0.05) is 105 Å². The number of allylic oxidation sites excluding steroid dienone is 4. The van der Waals surface area contributed by atoms with Gasteiger partial charge in [0.15, 0.2) is 29.1 Å². The molecule has 4 aliphatic rings. The Labute approximate surface area is 659 Å². The van der Waals surface area contributed by atoms with Crippen LogP contribution >= 0.6 is 115 Å². The number of Topliss-reactive ketones (excluding diaryl/α,β-unsaturated/α-hetero) is 1. The number of nitriles is 4. The summed E-state index contributed by atoms with van der Waals surface area (Å²) in [6, 6.07) is 38.3. The minimum absolute atomic E-state index is 0.00820. The third kappa shape index (κ3) is 16.8. The van der Waals surface area contributed by atoms with Crippen molar-refractivity contribution in [2.24, 2.45) is 0 Å². The Balaban J connectivity index is 1.05. The van der Waals surface area contributed by atoms with E-state index in [2.05, 4.69) is 100 Å². The number of halogens is 4. The van der Waals surface area contributed by atoms with Crippen molar-refractivity contribution in [2.45, 2.75) is 187 Å². The van der Waals surface area contributed by atoms with Gasteiger partial charge in [0.2, 0.25) is 0 Å². The van der Waals surface area contributed by atoms with Gasteiger partial charge in [-0.1, -0.05) is 146 Å². The van der Waals surface area contributed by atoms with Crippen molar-refractivity contribution in [1.29, 1.82) is 21.0 Å². The summed E-state index contributed by atoms with van der Waals surface area (Å²) in [6.45, 7) is 8.91. The molecule has 0 aliphatic heterocycles. The minimum atomic E-state index is -1.49. The summed E-state index contributed by atoms with van der Waals surface area (Å²) in [5.41, 5.74) is 7.15. The van der Waals surface area contributed by atoms with Gasteiger partial charge in [-0.3, -0.25) is 4.79 Å². The van der Waals surface area contributed by atoms with Crippen LogP contribution in [0.3, 0.4) is 0 Å². The van der Waals surface area contributed by atoms with Gasteiger partial charge in [0.25, 0.3) is 0 Å². The number of fused-ring (bicyclic) bond motifs is 8. The van der Waals surface area contributed by atoms with Gasteiger partial charge in [0.1, 0.15) is 41.5 Å². The fourth-order valence-electron chi connectivity index (χ4n) is 14.1. The number of thiophene rings is 6. The highest BCUT2D eigenvalue weighted by Gasteiger charge is 2.40. The number of carbonyl (C=O) groups excluding carboxylic acids is 1. The van der Waals surface area contributed by atoms with Crippen LogP contribution in [-0.4, -0.2) is 10.9 Å². The predicted molar refractivity (Wildman–Crippen MR) is 442 cm³/mol. The van der Waals surface area contributed by atoms with Crippen molar-refractivity contribution in [2.75, 3.05) is 0 Å². The summed E-state index contributed by atoms with van der Waals surface area (Å²) in [5, 5.41) is 53.9. The Bertz CT molecular complexity index is 5230. The molecule has 4 aliphatic carbocycles. The van der Waals surface area contributed by atoms with E-state index in [-0.39, 0.29) is 50.1 Å². The molecule has 0 saturated heterocycles. The molecule has 3 aromatic carbocycles. The molecule has 1 N–H and O–H groups in total. The van der Waals surface area contributed by atoms with E-state index in [1.54, 1.807) is 59.2 Å². The Morgan fingerprint density at radius 1 is 0.415 bits per heavy atom. The van der Waals surface area contributed by atoms with Crippen molar-refractivity contribution < 1.29 is 27.5 Å². The maximum absolute atomic E-state index is 15.3. The lowest BCUT2D eigenvalue weighted by Crippen LogP contribution is -1.97. The van der Waals surface area contributed by atoms with E-state index >= 15 is 17.6 Å². The second kappa shape index (κ2) is 35.6. The molecule has 0 amide bonds. The minimum Gasteiger partial charge on any atom is -0.384 e. The normalized spacial score (nSPS) is 15.6. The third-order valence-corrected chi connectivity index (χ3v) is 31.5. The van der Waals surface area contributed by atoms with Crippen LogP contribution in [0.1, 0.15) is 226 Å². The first-order valence-corrected chi connectivity index (χ1v) is 44.7.